The molecule has 4 nitrogen and oxygen atoms in total. The molecule has 0 aromatic heterocycles. The zero-order valence-corrected chi connectivity index (χ0v) is 17.1. The van der Waals surface area contributed by atoms with Gasteiger partial charge in [0.25, 0.3) is 5.91 Å². The minimum atomic E-state index is -0.558. The van der Waals surface area contributed by atoms with Gasteiger partial charge in [0, 0.05) is 6.04 Å². The van der Waals surface area contributed by atoms with Gasteiger partial charge in [0.15, 0.2) is 0 Å². The second-order valence-corrected chi connectivity index (χ2v) is 8.91. The lowest BCUT2D eigenvalue weighted by Crippen LogP contribution is -2.53. The Morgan fingerprint density at radius 2 is 1.74 bits per heavy atom. The van der Waals surface area contributed by atoms with Crippen molar-refractivity contribution in [1.29, 1.82) is 0 Å². The third-order valence-corrected chi connectivity index (χ3v) is 6.57. The van der Waals surface area contributed by atoms with Gasteiger partial charge in [0.1, 0.15) is 6.04 Å². The van der Waals surface area contributed by atoms with Gasteiger partial charge in [-0.05, 0) is 49.1 Å². The fourth-order valence-corrected chi connectivity index (χ4v) is 4.92. The van der Waals surface area contributed by atoms with Gasteiger partial charge in [-0.3, -0.25) is 9.59 Å². The average molecular weight is 391 g/mol. The number of carbonyl (C=O) groups is 2. The topological polar surface area (TPSA) is 58.2 Å². The largest absolute Gasteiger partial charge is 0.352 e. The van der Waals surface area contributed by atoms with Crippen LogP contribution in [0.1, 0.15) is 69.2 Å². The summed E-state index contributed by atoms with van der Waals surface area (Å²) in [5.41, 5.74) is 0.403. The number of nitrogens with one attached hydrogen (secondary N) is 2. The molecule has 2 aliphatic rings. The molecule has 5 heteroatoms. The molecule has 0 aliphatic heterocycles. The Labute approximate surface area is 167 Å². The molecule has 2 amide bonds. The minimum Gasteiger partial charge on any atom is -0.352 e. The van der Waals surface area contributed by atoms with Gasteiger partial charge in [0.2, 0.25) is 5.91 Å². The zero-order valence-electron chi connectivity index (χ0n) is 16.3. The van der Waals surface area contributed by atoms with Crippen LogP contribution in [0.4, 0.5) is 0 Å². The van der Waals surface area contributed by atoms with Crippen LogP contribution in [0.15, 0.2) is 24.3 Å². The van der Waals surface area contributed by atoms with Gasteiger partial charge in [-0.15, -0.1) is 0 Å². The SMILES string of the molecule is CC(C)[C@H](NC(=O)c1ccccc1Cl)C(=O)N[C@@H]1CC[C@@H]2CCCC[C@H]2C1. The molecule has 0 bridgehead atoms. The molecule has 2 fully saturated rings. The molecule has 0 radical (unpaired) electrons. The maximum Gasteiger partial charge on any atom is 0.253 e. The van der Waals surface area contributed by atoms with Crippen LogP contribution < -0.4 is 10.6 Å². The van der Waals surface area contributed by atoms with Crippen molar-refractivity contribution in [3.8, 4) is 0 Å². The van der Waals surface area contributed by atoms with Crippen LogP contribution in [-0.4, -0.2) is 23.9 Å². The Kier molecular flexibility index (Phi) is 6.80. The number of hydrogen-bond acceptors (Lipinski definition) is 2. The maximum absolute atomic E-state index is 12.9. The molecule has 27 heavy (non-hydrogen) atoms. The normalized spacial score (nSPS) is 26.1. The van der Waals surface area contributed by atoms with E-state index in [4.69, 9.17) is 11.6 Å². The highest BCUT2D eigenvalue weighted by Crippen LogP contribution is 2.40. The van der Waals surface area contributed by atoms with E-state index in [0.717, 1.165) is 24.7 Å². The molecule has 3 rings (SSSR count). The van der Waals surface area contributed by atoms with Crippen molar-refractivity contribution in [2.24, 2.45) is 17.8 Å². The van der Waals surface area contributed by atoms with Crippen molar-refractivity contribution < 1.29 is 9.59 Å². The highest BCUT2D eigenvalue weighted by molar-refractivity contribution is 6.33. The summed E-state index contributed by atoms with van der Waals surface area (Å²) in [5.74, 6) is 1.23. The third-order valence-electron chi connectivity index (χ3n) is 6.24. The number of benzene rings is 1. The predicted octanol–water partition coefficient (Wildman–Crippen LogP) is 4.57. The van der Waals surface area contributed by atoms with Gasteiger partial charge in [-0.25, -0.2) is 0 Å². The van der Waals surface area contributed by atoms with E-state index in [1.54, 1.807) is 24.3 Å². The van der Waals surface area contributed by atoms with E-state index in [2.05, 4.69) is 10.6 Å². The maximum atomic E-state index is 12.9. The molecule has 0 spiro atoms. The van der Waals surface area contributed by atoms with Crippen LogP contribution in [0.2, 0.25) is 5.02 Å². The summed E-state index contributed by atoms with van der Waals surface area (Å²) in [6, 6.07) is 6.59. The van der Waals surface area contributed by atoms with E-state index in [1.807, 2.05) is 13.8 Å². The van der Waals surface area contributed by atoms with Gasteiger partial charge in [-0.1, -0.05) is 63.3 Å². The van der Waals surface area contributed by atoms with E-state index in [0.29, 0.717) is 10.6 Å². The average Bonchev–Trinajstić information content (AvgIpc) is 2.65. The quantitative estimate of drug-likeness (QED) is 0.773. The fraction of sp³-hybridized carbons (Fsp3) is 0.636. The molecule has 0 saturated heterocycles. The van der Waals surface area contributed by atoms with E-state index in [9.17, 15) is 9.59 Å². The number of hydrogen-bond donors (Lipinski definition) is 2. The Hall–Kier alpha value is -1.55. The number of amides is 2. The van der Waals surface area contributed by atoms with Gasteiger partial charge >= 0.3 is 0 Å². The van der Waals surface area contributed by atoms with Gasteiger partial charge in [-0.2, -0.15) is 0 Å². The van der Waals surface area contributed by atoms with Crippen molar-refractivity contribution >= 4 is 23.4 Å². The van der Waals surface area contributed by atoms with Crippen LogP contribution in [0.5, 0.6) is 0 Å². The van der Waals surface area contributed by atoms with Crippen molar-refractivity contribution in [1.82, 2.24) is 10.6 Å². The highest BCUT2D eigenvalue weighted by atomic mass is 35.5. The summed E-state index contributed by atoms with van der Waals surface area (Å²) in [6.07, 6.45) is 8.69. The summed E-state index contributed by atoms with van der Waals surface area (Å²) < 4.78 is 0. The van der Waals surface area contributed by atoms with Gasteiger partial charge < -0.3 is 10.6 Å². The molecule has 4 atom stereocenters. The Morgan fingerprint density at radius 3 is 2.44 bits per heavy atom. The lowest BCUT2D eigenvalue weighted by molar-refractivity contribution is -0.125. The monoisotopic (exact) mass is 390 g/mol. The molecule has 2 aliphatic carbocycles. The Bertz CT molecular complexity index is 676. The molecule has 0 unspecified atom stereocenters. The smallest absolute Gasteiger partial charge is 0.253 e. The van der Waals surface area contributed by atoms with Crippen molar-refractivity contribution in [2.45, 2.75) is 70.9 Å². The van der Waals surface area contributed by atoms with Gasteiger partial charge in [0.05, 0.1) is 10.6 Å². The minimum absolute atomic E-state index is 0.00228. The molecule has 148 valence electrons. The predicted molar refractivity (Wildman–Crippen MR) is 109 cm³/mol. The first-order chi connectivity index (χ1) is 13.0. The van der Waals surface area contributed by atoms with E-state index in [-0.39, 0.29) is 23.8 Å². The second-order valence-electron chi connectivity index (χ2n) is 8.50. The first-order valence-electron chi connectivity index (χ1n) is 10.3. The summed E-state index contributed by atoms with van der Waals surface area (Å²) in [5, 5.41) is 6.50. The lowest BCUT2D eigenvalue weighted by atomic mass is 9.69. The number of halogens is 1. The van der Waals surface area contributed by atoms with E-state index >= 15 is 0 Å². The molecule has 0 heterocycles. The highest BCUT2D eigenvalue weighted by Gasteiger charge is 2.34. The van der Waals surface area contributed by atoms with E-state index in [1.165, 1.54) is 32.1 Å². The molecule has 2 saturated carbocycles. The lowest BCUT2D eigenvalue weighted by Gasteiger charge is -2.40. The van der Waals surface area contributed by atoms with Crippen molar-refractivity contribution in [3.63, 3.8) is 0 Å². The number of rotatable bonds is 5. The Morgan fingerprint density at radius 1 is 1.04 bits per heavy atom. The summed E-state index contributed by atoms with van der Waals surface area (Å²) in [4.78, 5) is 25.5. The molecule has 1 aromatic rings. The van der Waals surface area contributed by atoms with Crippen LogP contribution in [-0.2, 0) is 4.79 Å². The summed E-state index contributed by atoms with van der Waals surface area (Å²) in [7, 11) is 0. The van der Waals surface area contributed by atoms with E-state index < -0.39 is 6.04 Å². The molecule has 1 aromatic carbocycles. The fourth-order valence-electron chi connectivity index (χ4n) is 4.69. The zero-order chi connectivity index (χ0) is 19.4. The second kappa shape index (κ2) is 9.09. The number of carbonyl (C=O) groups excluding carboxylic acids is 2. The van der Waals surface area contributed by atoms with Crippen LogP contribution in [0.3, 0.4) is 0 Å². The van der Waals surface area contributed by atoms with Crippen LogP contribution >= 0.6 is 11.6 Å². The number of fused-ring (bicyclic) bond motifs is 1. The van der Waals surface area contributed by atoms with Crippen LogP contribution in [0.25, 0.3) is 0 Å². The molecule has 2 N–H and O–H groups in total. The summed E-state index contributed by atoms with van der Waals surface area (Å²) in [6.45, 7) is 3.91. The van der Waals surface area contributed by atoms with Crippen molar-refractivity contribution in [3.05, 3.63) is 34.9 Å². The third kappa shape index (κ3) is 5.04. The Balaban J connectivity index is 1.60. The molecular formula is C22H31ClN2O2. The molecular weight excluding hydrogens is 360 g/mol. The van der Waals surface area contributed by atoms with Crippen molar-refractivity contribution in [2.75, 3.05) is 0 Å². The summed E-state index contributed by atoms with van der Waals surface area (Å²) >= 11 is 6.12. The standard InChI is InChI=1S/C22H31ClN2O2/c1-14(2)20(25-21(26)18-9-5-6-10-19(18)23)22(27)24-17-12-11-15-7-3-4-8-16(15)13-17/h5-6,9-10,14-17,20H,3-4,7-8,11-13H2,1-2H3,(H,24,27)(H,25,26)/t15-,16-,17+,20-/m0/s1. The van der Waals surface area contributed by atoms with Crippen LogP contribution in [0, 0.1) is 17.8 Å². The first kappa shape index (κ1) is 20.2. The first-order valence-corrected chi connectivity index (χ1v) is 10.7.